The van der Waals surface area contributed by atoms with E-state index in [1.54, 1.807) is 42.4 Å². The zero-order chi connectivity index (χ0) is 17.9. The molecule has 3 aromatic heterocycles. The average molecular weight is 348 g/mol. The molecule has 7 nitrogen and oxygen atoms in total. The van der Waals surface area contributed by atoms with E-state index in [1.165, 1.54) is 0 Å². The molecule has 4 aromatic rings. The molecule has 3 heterocycles. The second kappa shape index (κ2) is 6.72. The Bertz CT molecular complexity index is 1050. The summed E-state index contributed by atoms with van der Waals surface area (Å²) in [6.45, 7) is 0. The lowest BCUT2D eigenvalue weighted by Gasteiger charge is -2.07. The van der Waals surface area contributed by atoms with E-state index in [-0.39, 0.29) is 12.3 Å². The van der Waals surface area contributed by atoms with Crippen LogP contribution in [0.5, 0.6) is 5.75 Å². The van der Waals surface area contributed by atoms with Crippen LogP contribution in [0.3, 0.4) is 0 Å². The average Bonchev–Trinajstić information content (AvgIpc) is 3.32. The van der Waals surface area contributed by atoms with E-state index in [0.717, 1.165) is 11.3 Å². The number of furan rings is 1. The first-order valence-electron chi connectivity index (χ1n) is 8.03. The van der Waals surface area contributed by atoms with Crippen LogP contribution in [0.1, 0.15) is 5.56 Å². The highest BCUT2D eigenvalue weighted by Crippen LogP contribution is 2.20. The van der Waals surface area contributed by atoms with Crippen molar-refractivity contribution in [3.63, 3.8) is 0 Å². The Balaban J connectivity index is 1.56. The van der Waals surface area contributed by atoms with Crippen LogP contribution in [0.2, 0.25) is 0 Å². The van der Waals surface area contributed by atoms with Crippen molar-refractivity contribution in [2.45, 2.75) is 6.42 Å². The van der Waals surface area contributed by atoms with Crippen molar-refractivity contribution >= 4 is 17.4 Å². The summed E-state index contributed by atoms with van der Waals surface area (Å²) >= 11 is 0. The number of ether oxygens (including phenoxy) is 1. The van der Waals surface area contributed by atoms with Gasteiger partial charge in [-0.15, -0.1) is 0 Å². The number of hydrogen-bond donors (Lipinski definition) is 1. The number of imidazole rings is 1. The Kier molecular flexibility index (Phi) is 4.10. The highest BCUT2D eigenvalue weighted by atomic mass is 16.5. The number of rotatable bonds is 5. The highest BCUT2D eigenvalue weighted by molar-refractivity contribution is 5.91. The molecule has 0 spiro atoms. The Labute approximate surface area is 149 Å². The van der Waals surface area contributed by atoms with Gasteiger partial charge in [-0.25, -0.2) is 9.97 Å². The quantitative estimate of drug-likeness (QED) is 0.599. The van der Waals surface area contributed by atoms with E-state index in [9.17, 15) is 4.79 Å². The molecule has 0 aliphatic rings. The molecule has 4 rings (SSSR count). The van der Waals surface area contributed by atoms with E-state index in [2.05, 4.69) is 15.3 Å². The molecule has 0 aliphatic carbocycles. The Hall–Kier alpha value is -3.61. The maximum atomic E-state index is 12.4. The summed E-state index contributed by atoms with van der Waals surface area (Å²) in [6.07, 6.45) is 6.84. The lowest BCUT2D eigenvalue weighted by Crippen LogP contribution is -2.15. The normalized spacial score (nSPS) is 10.8. The topological polar surface area (TPSA) is 81.7 Å². The fraction of sp³-hybridized carbons (Fsp3) is 0.105. The van der Waals surface area contributed by atoms with Crippen LogP contribution >= 0.6 is 0 Å². The van der Waals surface area contributed by atoms with Crippen molar-refractivity contribution in [1.82, 2.24) is 14.4 Å². The number of amides is 1. The summed E-state index contributed by atoms with van der Waals surface area (Å²) in [5, 5.41) is 2.89. The summed E-state index contributed by atoms with van der Waals surface area (Å²) in [4.78, 5) is 21.0. The molecule has 7 heteroatoms. The number of anilines is 1. The minimum Gasteiger partial charge on any atom is -0.497 e. The third-order valence-electron chi connectivity index (χ3n) is 3.94. The molecule has 0 radical (unpaired) electrons. The predicted octanol–water partition coefficient (Wildman–Crippen LogP) is 3.18. The zero-order valence-corrected chi connectivity index (χ0v) is 14.0. The molecule has 0 saturated heterocycles. The molecule has 130 valence electrons. The molecule has 1 amide bonds. The number of aromatic nitrogens is 3. The Morgan fingerprint density at radius 3 is 2.96 bits per heavy atom. The SMILES string of the molecule is COc1cccc(CC(=O)Nc2cnc3cnc(-c4ccco4)cn23)c1. The van der Waals surface area contributed by atoms with Crippen molar-refractivity contribution in [3.05, 3.63) is 66.8 Å². The van der Waals surface area contributed by atoms with E-state index in [4.69, 9.17) is 9.15 Å². The summed E-state index contributed by atoms with van der Waals surface area (Å²) in [5.41, 5.74) is 2.16. The van der Waals surface area contributed by atoms with Gasteiger partial charge in [-0.05, 0) is 29.8 Å². The van der Waals surface area contributed by atoms with E-state index < -0.39 is 0 Å². The van der Waals surface area contributed by atoms with Crippen molar-refractivity contribution in [1.29, 1.82) is 0 Å². The first-order chi connectivity index (χ1) is 12.7. The van der Waals surface area contributed by atoms with Crippen molar-refractivity contribution < 1.29 is 13.9 Å². The molecule has 0 saturated carbocycles. The maximum Gasteiger partial charge on any atom is 0.229 e. The number of fused-ring (bicyclic) bond motifs is 1. The minimum atomic E-state index is -0.142. The molecule has 1 N–H and O–H groups in total. The second-order valence-electron chi connectivity index (χ2n) is 5.70. The van der Waals surface area contributed by atoms with Crippen LogP contribution in [0, 0.1) is 0 Å². The van der Waals surface area contributed by atoms with Crippen LogP contribution in [-0.2, 0) is 11.2 Å². The van der Waals surface area contributed by atoms with Crippen LogP contribution in [0.25, 0.3) is 17.1 Å². The molecular weight excluding hydrogens is 332 g/mol. The lowest BCUT2D eigenvalue weighted by molar-refractivity contribution is -0.115. The summed E-state index contributed by atoms with van der Waals surface area (Å²) in [7, 11) is 1.60. The number of carbonyl (C=O) groups is 1. The fourth-order valence-electron chi connectivity index (χ4n) is 2.69. The molecule has 1 aromatic carbocycles. The molecule has 26 heavy (non-hydrogen) atoms. The number of methoxy groups -OCH3 is 1. The Morgan fingerprint density at radius 2 is 2.15 bits per heavy atom. The van der Waals surface area contributed by atoms with Crippen LogP contribution in [0.4, 0.5) is 5.82 Å². The van der Waals surface area contributed by atoms with Gasteiger partial charge in [0.05, 0.1) is 32.2 Å². The predicted molar refractivity (Wildman–Crippen MR) is 96.0 cm³/mol. The van der Waals surface area contributed by atoms with E-state index >= 15 is 0 Å². The standard InChI is InChI=1S/C19H16N4O3/c1-25-14-5-2-4-13(8-14)9-19(24)22-18-11-21-17-10-20-15(12-23(17)18)16-6-3-7-26-16/h2-8,10-12H,9H2,1H3,(H,22,24). The summed E-state index contributed by atoms with van der Waals surface area (Å²) in [6, 6.07) is 11.0. The number of nitrogens with one attached hydrogen (secondary N) is 1. The van der Waals surface area contributed by atoms with Gasteiger partial charge in [0.2, 0.25) is 5.91 Å². The van der Waals surface area contributed by atoms with Gasteiger partial charge in [-0.2, -0.15) is 0 Å². The van der Waals surface area contributed by atoms with Gasteiger partial charge in [-0.1, -0.05) is 12.1 Å². The highest BCUT2D eigenvalue weighted by Gasteiger charge is 2.11. The van der Waals surface area contributed by atoms with E-state index in [0.29, 0.717) is 22.9 Å². The molecule has 0 fully saturated rings. The van der Waals surface area contributed by atoms with Gasteiger partial charge in [0.25, 0.3) is 0 Å². The van der Waals surface area contributed by atoms with Gasteiger partial charge in [0.15, 0.2) is 11.4 Å². The molecule has 0 bridgehead atoms. The van der Waals surface area contributed by atoms with Crippen molar-refractivity contribution in [2.24, 2.45) is 0 Å². The summed E-state index contributed by atoms with van der Waals surface area (Å²) < 4.78 is 12.3. The number of hydrogen-bond acceptors (Lipinski definition) is 5. The second-order valence-corrected chi connectivity index (χ2v) is 5.70. The smallest absolute Gasteiger partial charge is 0.229 e. The number of benzene rings is 1. The molecule has 0 unspecified atom stereocenters. The number of carbonyl (C=O) groups excluding carboxylic acids is 1. The van der Waals surface area contributed by atoms with E-state index in [1.807, 2.05) is 30.3 Å². The van der Waals surface area contributed by atoms with Gasteiger partial charge in [0, 0.05) is 6.20 Å². The van der Waals surface area contributed by atoms with Crippen molar-refractivity contribution in [2.75, 3.05) is 12.4 Å². The van der Waals surface area contributed by atoms with Gasteiger partial charge in [-0.3, -0.25) is 9.20 Å². The molecular formula is C19H16N4O3. The largest absolute Gasteiger partial charge is 0.497 e. The van der Waals surface area contributed by atoms with Gasteiger partial charge < -0.3 is 14.5 Å². The third-order valence-corrected chi connectivity index (χ3v) is 3.94. The number of nitrogens with zero attached hydrogens (tertiary/aromatic N) is 3. The van der Waals surface area contributed by atoms with Crippen LogP contribution in [0.15, 0.2) is 65.7 Å². The first-order valence-corrected chi connectivity index (χ1v) is 8.03. The van der Waals surface area contributed by atoms with Gasteiger partial charge >= 0.3 is 0 Å². The fourth-order valence-corrected chi connectivity index (χ4v) is 2.69. The van der Waals surface area contributed by atoms with Crippen LogP contribution in [-0.4, -0.2) is 27.4 Å². The zero-order valence-electron chi connectivity index (χ0n) is 14.0. The molecule has 0 atom stereocenters. The summed E-state index contributed by atoms with van der Waals surface area (Å²) in [5.74, 6) is 1.80. The first kappa shape index (κ1) is 15.9. The lowest BCUT2D eigenvalue weighted by atomic mass is 10.1. The monoisotopic (exact) mass is 348 g/mol. The molecule has 0 aliphatic heterocycles. The van der Waals surface area contributed by atoms with Gasteiger partial charge in [0.1, 0.15) is 17.3 Å². The third kappa shape index (κ3) is 3.14. The van der Waals surface area contributed by atoms with Crippen LogP contribution < -0.4 is 10.1 Å². The minimum absolute atomic E-state index is 0.142. The maximum absolute atomic E-state index is 12.4. The Morgan fingerprint density at radius 1 is 1.23 bits per heavy atom. The van der Waals surface area contributed by atoms with Crippen molar-refractivity contribution in [3.8, 4) is 17.2 Å².